The summed E-state index contributed by atoms with van der Waals surface area (Å²) < 4.78 is 5.22. The summed E-state index contributed by atoms with van der Waals surface area (Å²) in [5.41, 5.74) is 3.45. The lowest BCUT2D eigenvalue weighted by atomic mass is 10.1. The molecular weight excluding hydrogens is 426 g/mol. The van der Waals surface area contributed by atoms with Gasteiger partial charge in [0.15, 0.2) is 0 Å². The minimum Gasteiger partial charge on any atom is -0.444 e. The summed E-state index contributed by atoms with van der Waals surface area (Å²) in [5.74, 6) is -0.325. The molecule has 2 N–H and O–H groups in total. The first-order chi connectivity index (χ1) is 15.4. The topological polar surface area (TPSA) is 70.7 Å². The Morgan fingerprint density at radius 3 is 2.28 bits per heavy atom. The molecule has 0 bridgehead atoms. The molecule has 3 aromatic rings. The van der Waals surface area contributed by atoms with E-state index in [1.165, 1.54) is 5.56 Å². The van der Waals surface area contributed by atoms with Crippen molar-refractivity contribution in [3.05, 3.63) is 94.5 Å². The number of benzene rings is 3. The van der Waals surface area contributed by atoms with Crippen molar-refractivity contribution in [3.8, 4) is 0 Å². The Balaban J connectivity index is 1.59. The highest BCUT2D eigenvalue weighted by molar-refractivity contribution is 6.31. The van der Waals surface area contributed by atoms with Crippen molar-refractivity contribution >= 4 is 35.0 Å². The minimum atomic E-state index is -0.629. The number of ether oxygens (including phenoxy) is 1. The van der Waals surface area contributed by atoms with Crippen LogP contribution in [0.25, 0.3) is 0 Å². The summed E-state index contributed by atoms with van der Waals surface area (Å²) in [5, 5.41) is 5.79. The minimum absolute atomic E-state index is 0.144. The van der Waals surface area contributed by atoms with E-state index < -0.39 is 6.09 Å². The van der Waals surface area contributed by atoms with Crippen LogP contribution in [-0.2, 0) is 17.8 Å². The number of hydrogen-bond acceptors (Lipinski definition) is 4. The van der Waals surface area contributed by atoms with Gasteiger partial charge in [0.1, 0.15) is 6.61 Å². The second-order valence-electron chi connectivity index (χ2n) is 7.62. The SMILES string of the molecule is CN(C)CCc1ccc(NC(=O)c2cc(Cl)cc(NC(=O)OCc3ccccc3)c2)cc1. The molecule has 0 unspecified atom stereocenters. The van der Waals surface area contributed by atoms with Gasteiger partial charge in [-0.1, -0.05) is 54.1 Å². The maximum Gasteiger partial charge on any atom is 0.411 e. The molecule has 0 aliphatic heterocycles. The van der Waals surface area contributed by atoms with Gasteiger partial charge < -0.3 is 15.0 Å². The molecule has 0 saturated carbocycles. The lowest BCUT2D eigenvalue weighted by Gasteiger charge is -2.11. The molecule has 0 spiro atoms. The molecule has 166 valence electrons. The van der Waals surface area contributed by atoms with E-state index in [2.05, 4.69) is 15.5 Å². The number of nitrogens with zero attached hydrogens (tertiary/aromatic N) is 1. The van der Waals surface area contributed by atoms with Gasteiger partial charge in [-0.2, -0.15) is 0 Å². The standard InChI is InChI=1S/C25H26ClN3O3/c1-29(2)13-12-18-8-10-22(11-9-18)27-24(30)20-14-21(26)16-23(15-20)28-25(31)32-17-19-6-4-3-5-7-19/h3-11,14-16H,12-13,17H2,1-2H3,(H,27,30)(H,28,31). The molecule has 0 heterocycles. The number of nitrogens with one attached hydrogen (secondary N) is 2. The van der Waals surface area contributed by atoms with Crippen molar-refractivity contribution in [2.75, 3.05) is 31.3 Å². The van der Waals surface area contributed by atoms with Crippen molar-refractivity contribution < 1.29 is 14.3 Å². The quantitative estimate of drug-likeness (QED) is 0.478. The van der Waals surface area contributed by atoms with Gasteiger partial charge in [-0.05, 0) is 62.0 Å². The lowest BCUT2D eigenvalue weighted by Crippen LogP contribution is -2.16. The molecule has 0 aliphatic rings. The van der Waals surface area contributed by atoms with Crippen LogP contribution >= 0.6 is 11.6 Å². The van der Waals surface area contributed by atoms with Crippen LogP contribution in [0.3, 0.4) is 0 Å². The first kappa shape index (κ1) is 23.3. The van der Waals surface area contributed by atoms with Gasteiger partial charge in [-0.15, -0.1) is 0 Å². The van der Waals surface area contributed by atoms with Gasteiger partial charge in [0, 0.05) is 28.5 Å². The van der Waals surface area contributed by atoms with Gasteiger partial charge in [0.25, 0.3) is 5.91 Å². The molecule has 2 amide bonds. The second kappa shape index (κ2) is 11.3. The Hall–Kier alpha value is -3.35. The lowest BCUT2D eigenvalue weighted by molar-refractivity contribution is 0.102. The second-order valence-corrected chi connectivity index (χ2v) is 8.06. The molecule has 0 fully saturated rings. The summed E-state index contributed by atoms with van der Waals surface area (Å²) in [4.78, 5) is 26.9. The Labute approximate surface area is 193 Å². The van der Waals surface area contributed by atoms with Crippen LogP contribution in [-0.4, -0.2) is 37.5 Å². The van der Waals surface area contributed by atoms with E-state index in [1.807, 2.05) is 68.7 Å². The number of halogens is 1. The number of likely N-dealkylation sites (N-methyl/N-ethyl adjacent to an activating group) is 1. The fraction of sp³-hybridized carbons (Fsp3) is 0.200. The Morgan fingerprint density at radius 1 is 0.875 bits per heavy atom. The molecule has 3 aromatic carbocycles. The summed E-state index contributed by atoms with van der Waals surface area (Å²) in [7, 11) is 4.07. The highest BCUT2D eigenvalue weighted by Gasteiger charge is 2.11. The zero-order valence-electron chi connectivity index (χ0n) is 18.1. The fourth-order valence-corrected chi connectivity index (χ4v) is 3.22. The van der Waals surface area contributed by atoms with Gasteiger partial charge in [0.05, 0.1) is 0 Å². The van der Waals surface area contributed by atoms with Crippen molar-refractivity contribution in [1.29, 1.82) is 0 Å². The Morgan fingerprint density at radius 2 is 1.59 bits per heavy atom. The van der Waals surface area contributed by atoms with E-state index in [9.17, 15) is 9.59 Å². The summed E-state index contributed by atoms with van der Waals surface area (Å²) in [6, 6.07) is 21.7. The molecule has 0 aromatic heterocycles. The monoisotopic (exact) mass is 451 g/mol. The molecule has 0 aliphatic carbocycles. The van der Waals surface area contributed by atoms with Crippen molar-refractivity contribution in [2.24, 2.45) is 0 Å². The van der Waals surface area contributed by atoms with E-state index in [4.69, 9.17) is 16.3 Å². The largest absolute Gasteiger partial charge is 0.444 e. The van der Waals surface area contributed by atoms with Crippen LogP contribution in [0.5, 0.6) is 0 Å². The molecule has 7 heteroatoms. The van der Waals surface area contributed by atoms with E-state index in [0.29, 0.717) is 22.0 Å². The molecule has 3 rings (SSSR count). The average Bonchev–Trinajstić information content (AvgIpc) is 2.77. The Bertz CT molecular complexity index is 1050. The van der Waals surface area contributed by atoms with E-state index >= 15 is 0 Å². The molecule has 0 atom stereocenters. The smallest absolute Gasteiger partial charge is 0.411 e. The van der Waals surface area contributed by atoms with E-state index in [-0.39, 0.29) is 12.5 Å². The van der Waals surface area contributed by atoms with Crippen molar-refractivity contribution in [3.63, 3.8) is 0 Å². The number of amides is 2. The first-order valence-electron chi connectivity index (χ1n) is 10.2. The summed E-state index contributed by atoms with van der Waals surface area (Å²) >= 11 is 6.16. The molecule has 0 radical (unpaired) electrons. The number of carbonyl (C=O) groups is 2. The van der Waals surface area contributed by atoms with Crippen LogP contribution in [0.15, 0.2) is 72.8 Å². The van der Waals surface area contributed by atoms with Gasteiger partial charge in [0.2, 0.25) is 0 Å². The number of carbonyl (C=O) groups excluding carboxylic acids is 2. The number of rotatable bonds is 8. The van der Waals surface area contributed by atoms with Crippen LogP contribution in [0, 0.1) is 0 Å². The molecule has 32 heavy (non-hydrogen) atoms. The predicted octanol–water partition coefficient (Wildman–Crippen LogP) is 5.45. The van der Waals surface area contributed by atoms with Gasteiger partial charge in [-0.25, -0.2) is 4.79 Å². The van der Waals surface area contributed by atoms with E-state index in [1.54, 1.807) is 18.2 Å². The number of anilines is 2. The summed E-state index contributed by atoms with van der Waals surface area (Å²) in [6.45, 7) is 1.10. The van der Waals surface area contributed by atoms with Crippen LogP contribution in [0.4, 0.5) is 16.2 Å². The van der Waals surface area contributed by atoms with Crippen LogP contribution < -0.4 is 10.6 Å². The first-order valence-corrected chi connectivity index (χ1v) is 10.6. The third-order valence-corrected chi connectivity index (χ3v) is 4.90. The maximum absolute atomic E-state index is 12.7. The third-order valence-electron chi connectivity index (χ3n) is 4.68. The normalized spacial score (nSPS) is 10.6. The Kier molecular flexibility index (Phi) is 8.25. The van der Waals surface area contributed by atoms with Crippen LogP contribution in [0.2, 0.25) is 5.02 Å². The molecular formula is C25H26ClN3O3. The fourth-order valence-electron chi connectivity index (χ4n) is 2.98. The zero-order chi connectivity index (χ0) is 22.9. The van der Waals surface area contributed by atoms with Gasteiger partial charge in [-0.3, -0.25) is 10.1 Å². The predicted molar refractivity (Wildman–Crippen MR) is 128 cm³/mol. The highest BCUT2D eigenvalue weighted by atomic mass is 35.5. The highest BCUT2D eigenvalue weighted by Crippen LogP contribution is 2.21. The third kappa shape index (κ3) is 7.41. The molecule has 0 saturated heterocycles. The van der Waals surface area contributed by atoms with Crippen LogP contribution in [0.1, 0.15) is 21.5 Å². The van der Waals surface area contributed by atoms with Crippen molar-refractivity contribution in [1.82, 2.24) is 4.90 Å². The van der Waals surface area contributed by atoms with Gasteiger partial charge >= 0.3 is 6.09 Å². The summed E-state index contributed by atoms with van der Waals surface area (Å²) in [6.07, 6.45) is 0.307. The van der Waals surface area contributed by atoms with Crippen molar-refractivity contribution in [2.45, 2.75) is 13.0 Å². The molecule has 6 nitrogen and oxygen atoms in total. The maximum atomic E-state index is 12.7. The van der Waals surface area contributed by atoms with E-state index in [0.717, 1.165) is 18.5 Å². The zero-order valence-corrected chi connectivity index (χ0v) is 18.9. The average molecular weight is 452 g/mol. The number of hydrogen-bond donors (Lipinski definition) is 2.